The number of hydrogen-bond donors (Lipinski definition) is 2. The minimum absolute atomic E-state index is 0.218. The molecule has 0 fully saturated rings. The Hall–Kier alpha value is -3.33. The second-order valence-electron chi connectivity index (χ2n) is 7.42. The Labute approximate surface area is 187 Å². The molecule has 9 heteroatoms. The predicted octanol–water partition coefficient (Wildman–Crippen LogP) is 6.23. The maximum atomic E-state index is 14.2. The lowest BCUT2D eigenvalue weighted by Gasteiger charge is -2.26. The van der Waals surface area contributed by atoms with Crippen LogP contribution in [0.4, 0.5) is 29.3 Å². The third kappa shape index (κ3) is 5.67. The van der Waals surface area contributed by atoms with E-state index in [2.05, 4.69) is 10.6 Å². The fourth-order valence-electron chi connectivity index (χ4n) is 3.01. The molecule has 5 nitrogen and oxygen atoms in total. The highest BCUT2D eigenvalue weighted by molar-refractivity contribution is 7.15. The molecule has 0 spiro atoms. The lowest BCUT2D eigenvalue weighted by molar-refractivity contribution is -0.114. The molecule has 0 radical (unpaired) electrons. The Bertz CT molecular complexity index is 1130. The van der Waals surface area contributed by atoms with Gasteiger partial charge in [0.05, 0.1) is 17.9 Å². The number of hydrogen-bond acceptors (Lipinski definition) is 3. The predicted molar refractivity (Wildman–Crippen MR) is 120 cm³/mol. The van der Waals surface area contributed by atoms with E-state index < -0.39 is 23.6 Å². The average Bonchev–Trinajstić information content (AvgIpc) is 3.18. The molecule has 2 aromatic carbocycles. The number of nitrogens with one attached hydrogen (secondary N) is 2. The summed E-state index contributed by atoms with van der Waals surface area (Å²) in [5, 5.41) is 4.71. The molecule has 1 heterocycles. The highest BCUT2D eigenvalue weighted by Crippen LogP contribution is 2.30. The monoisotopic (exact) mass is 461 g/mol. The molecule has 0 atom stereocenters. The van der Waals surface area contributed by atoms with Gasteiger partial charge in [0, 0.05) is 28.8 Å². The molecule has 0 bridgehead atoms. The third-order valence-electron chi connectivity index (χ3n) is 4.61. The summed E-state index contributed by atoms with van der Waals surface area (Å²) < 4.78 is 41.3. The van der Waals surface area contributed by atoms with Crippen molar-refractivity contribution in [3.8, 4) is 10.4 Å². The van der Waals surface area contributed by atoms with Crippen LogP contribution in [0.25, 0.3) is 10.4 Å². The van der Waals surface area contributed by atoms with Gasteiger partial charge in [0.15, 0.2) is 0 Å². The van der Waals surface area contributed by atoms with Gasteiger partial charge in [-0.3, -0.25) is 4.79 Å². The first-order valence-electron chi connectivity index (χ1n) is 9.83. The molecule has 32 heavy (non-hydrogen) atoms. The third-order valence-corrected chi connectivity index (χ3v) is 5.73. The molecule has 0 saturated carbocycles. The van der Waals surface area contributed by atoms with Gasteiger partial charge in [0.1, 0.15) is 17.5 Å². The summed E-state index contributed by atoms with van der Waals surface area (Å²) in [4.78, 5) is 27.4. The number of nitrogens with zero attached hydrogens (tertiary/aromatic N) is 1. The highest BCUT2D eigenvalue weighted by Gasteiger charge is 2.21. The Morgan fingerprint density at radius 3 is 2.16 bits per heavy atom. The molecule has 0 aliphatic rings. The number of urea groups is 1. The lowest BCUT2D eigenvalue weighted by Crippen LogP contribution is -2.39. The summed E-state index contributed by atoms with van der Waals surface area (Å²) in [5.41, 5.74) is 0.388. The number of carbonyl (C=O) groups is 2. The van der Waals surface area contributed by atoms with Crippen LogP contribution < -0.4 is 10.6 Å². The zero-order chi connectivity index (χ0) is 23.4. The van der Waals surface area contributed by atoms with E-state index in [0.29, 0.717) is 6.07 Å². The molecule has 0 aliphatic heterocycles. The summed E-state index contributed by atoms with van der Waals surface area (Å²) in [6, 6.07) is 10.8. The Balaban J connectivity index is 1.77. The van der Waals surface area contributed by atoms with Gasteiger partial charge in [-0.2, -0.15) is 0 Å². The zero-order valence-corrected chi connectivity index (χ0v) is 18.5. The molecule has 3 rings (SSSR count). The Morgan fingerprint density at radius 1 is 0.938 bits per heavy atom. The summed E-state index contributed by atoms with van der Waals surface area (Å²) in [7, 11) is 0. The van der Waals surface area contributed by atoms with Crippen LogP contribution in [-0.2, 0) is 11.3 Å². The minimum atomic E-state index is -0.955. The van der Waals surface area contributed by atoms with E-state index in [1.165, 1.54) is 35.3 Å². The summed E-state index contributed by atoms with van der Waals surface area (Å²) in [6.07, 6.45) is 0. The van der Waals surface area contributed by atoms with Gasteiger partial charge in [-0.1, -0.05) is 12.1 Å². The maximum absolute atomic E-state index is 14.2. The standard InChI is InChI=1S/C23H22F3N3O2S/c1-13(2)29(12-17-8-9-22(32-17)15-4-6-16(24)7-5-15)23(31)28-21-11-20(27-14(3)30)18(25)10-19(21)26/h4-11,13H,12H2,1-3H3,(H,27,30)(H,28,31). The van der Waals surface area contributed by atoms with Crippen molar-refractivity contribution in [2.45, 2.75) is 33.4 Å². The van der Waals surface area contributed by atoms with Crippen molar-refractivity contribution in [1.29, 1.82) is 0 Å². The zero-order valence-electron chi connectivity index (χ0n) is 17.7. The second-order valence-corrected chi connectivity index (χ2v) is 8.59. The Kier molecular flexibility index (Phi) is 7.19. The fourth-order valence-corrected chi connectivity index (χ4v) is 4.02. The molecule has 1 aromatic heterocycles. The normalized spacial score (nSPS) is 10.8. The van der Waals surface area contributed by atoms with Crippen LogP contribution in [-0.4, -0.2) is 22.9 Å². The van der Waals surface area contributed by atoms with Gasteiger partial charge in [0.2, 0.25) is 5.91 Å². The van der Waals surface area contributed by atoms with Gasteiger partial charge >= 0.3 is 6.03 Å². The van der Waals surface area contributed by atoms with Crippen molar-refractivity contribution >= 4 is 34.6 Å². The van der Waals surface area contributed by atoms with Gasteiger partial charge in [0.25, 0.3) is 0 Å². The van der Waals surface area contributed by atoms with Crippen LogP contribution in [0.1, 0.15) is 25.6 Å². The topological polar surface area (TPSA) is 61.4 Å². The molecule has 2 N–H and O–H groups in total. The van der Waals surface area contributed by atoms with E-state index in [1.54, 1.807) is 12.1 Å². The van der Waals surface area contributed by atoms with E-state index in [9.17, 15) is 22.8 Å². The number of thiophene rings is 1. The smallest absolute Gasteiger partial charge is 0.322 e. The van der Waals surface area contributed by atoms with Crippen LogP contribution in [0.5, 0.6) is 0 Å². The van der Waals surface area contributed by atoms with Crippen molar-refractivity contribution < 1.29 is 22.8 Å². The van der Waals surface area contributed by atoms with Crippen LogP contribution in [0.15, 0.2) is 48.5 Å². The van der Waals surface area contributed by atoms with Crippen LogP contribution >= 0.6 is 11.3 Å². The van der Waals surface area contributed by atoms with Crippen molar-refractivity contribution in [2.75, 3.05) is 10.6 Å². The number of anilines is 2. The Morgan fingerprint density at radius 2 is 1.56 bits per heavy atom. The fraction of sp³-hybridized carbons (Fsp3) is 0.217. The molecular weight excluding hydrogens is 439 g/mol. The molecule has 3 aromatic rings. The van der Waals surface area contributed by atoms with E-state index in [4.69, 9.17) is 0 Å². The summed E-state index contributed by atoms with van der Waals surface area (Å²) >= 11 is 1.46. The van der Waals surface area contributed by atoms with E-state index in [0.717, 1.165) is 21.4 Å². The molecule has 0 unspecified atom stereocenters. The first kappa shape index (κ1) is 23.3. The highest BCUT2D eigenvalue weighted by atomic mass is 32.1. The largest absolute Gasteiger partial charge is 0.324 e. The number of rotatable bonds is 6. The van der Waals surface area contributed by atoms with E-state index in [1.807, 2.05) is 26.0 Å². The van der Waals surface area contributed by atoms with Crippen molar-refractivity contribution in [2.24, 2.45) is 0 Å². The average molecular weight is 462 g/mol. The van der Waals surface area contributed by atoms with Crippen molar-refractivity contribution in [3.63, 3.8) is 0 Å². The van der Waals surface area contributed by atoms with E-state index >= 15 is 0 Å². The maximum Gasteiger partial charge on any atom is 0.322 e. The van der Waals surface area contributed by atoms with Gasteiger partial charge in [-0.25, -0.2) is 18.0 Å². The number of amides is 3. The molecule has 3 amide bonds. The number of benzene rings is 2. The summed E-state index contributed by atoms with van der Waals surface area (Å²) in [5.74, 6) is -2.74. The number of carbonyl (C=O) groups excluding carboxylic acids is 2. The molecular formula is C23H22F3N3O2S. The van der Waals surface area contributed by atoms with Crippen LogP contribution in [0, 0.1) is 17.5 Å². The molecule has 0 aliphatic carbocycles. The van der Waals surface area contributed by atoms with Crippen molar-refractivity contribution in [3.05, 3.63) is 70.9 Å². The van der Waals surface area contributed by atoms with Gasteiger partial charge in [-0.15, -0.1) is 11.3 Å². The van der Waals surface area contributed by atoms with Gasteiger partial charge in [-0.05, 0) is 49.7 Å². The molecule has 168 valence electrons. The van der Waals surface area contributed by atoms with Gasteiger partial charge < -0.3 is 15.5 Å². The second kappa shape index (κ2) is 9.86. The lowest BCUT2D eigenvalue weighted by atomic mass is 10.2. The van der Waals surface area contributed by atoms with Crippen molar-refractivity contribution in [1.82, 2.24) is 4.90 Å². The summed E-state index contributed by atoms with van der Waals surface area (Å²) in [6.45, 7) is 5.09. The SMILES string of the molecule is CC(=O)Nc1cc(NC(=O)N(Cc2ccc(-c3ccc(F)cc3)s2)C(C)C)c(F)cc1F. The number of halogens is 3. The minimum Gasteiger partial charge on any atom is -0.324 e. The molecule has 0 saturated heterocycles. The van der Waals surface area contributed by atoms with Crippen LogP contribution in [0.3, 0.4) is 0 Å². The first-order valence-corrected chi connectivity index (χ1v) is 10.6. The van der Waals surface area contributed by atoms with E-state index in [-0.39, 0.29) is 29.8 Å². The quantitative estimate of drug-likeness (QED) is 0.457. The first-order chi connectivity index (χ1) is 15.1. The van der Waals surface area contributed by atoms with Crippen LogP contribution in [0.2, 0.25) is 0 Å².